The van der Waals surface area contributed by atoms with Crippen LogP contribution in [0.2, 0.25) is 0 Å². The van der Waals surface area contributed by atoms with Crippen molar-refractivity contribution in [2.45, 2.75) is 0 Å². The Morgan fingerprint density at radius 2 is 2.24 bits per heavy atom. The summed E-state index contributed by atoms with van der Waals surface area (Å²) < 4.78 is 19.9. The number of nitrogen functional groups attached to an aromatic ring is 1. The van der Waals surface area contributed by atoms with Gasteiger partial charge in [0.15, 0.2) is 17.4 Å². The third-order valence-electron chi connectivity index (χ3n) is 2.30. The third-order valence-corrected chi connectivity index (χ3v) is 2.30. The number of halogens is 1. The molecule has 0 aliphatic carbocycles. The Morgan fingerprint density at radius 3 is 2.82 bits per heavy atom. The van der Waals surface area contributed by atoms with Gasteiger partial charge in [0, 0.05) is 31.4 Å². The molecule has 0 spiro atoms. The van der Waals surface area contributed by atoms with Gasteiger partial charge in [0.1, 0.15) is 0 Å². The molecule has 90 valence electrons. The molecule has 3 N–H and O–H groups in total. The van der Waals surface area contributed by atoms with Crippen molar-refractivity contribution in [2.75, 3.05) is 18.2 Å². The minimum Gasteiger partial charge on any atom is -0.494 e. The monoisotopic (exact) mass is 236 g/mol. The summed E-state index contributed by atoms with van der Waals surface area (Å²) in [4.78, 5) is 0. The summed E-state index contributed by atoms with van der Waals surface area (Å²) in [5, 5.41) is 7.13. The van der Waals surface area contributed by atoms with E-state index in [0.29, 0.717) is 17.2 Å². The number of aryl methyl sites for hydroxylation is 1. The van der Waals surface area contributed by atoms with Gasteiger partial charge in [-0.2, -0.15) is 5.10 Å². The third kappa shape index (κ3) is 2.30. The van der Waals surface area contributed by atoms with Crippen LogP contribution in [0.4, 0.5) is 21.6 Å². The van der Waals surface area contributed by atoms with E-state index in [-0.39, 0.29) is 5.75 Å². The zero-order chi connectivity index (χ0) is 12.4. The molecule has 0 radical (unpaired) electrons. The average Bonchev–Trinajstić information content (AvgIpc) is 2.68. The first kappa shape index (κ1) is 11.3. The first-order valence-electron chi connectivity index (χ1n) is 5.00. The number of aromatic nitrogens is 2. The fraction of sp³-hybridized carbons (Fsp3) is 0.182. The zero-order valence-electron chi connectivity index (χ0n) is 9.57. The van der Waals surface area contributed by atoms with E-state index in [1.807, 2.05) is 0 Å². The maximum Gasteiger partial charge on any atom is 0.167 e. The molecule has 6 heteroatoms. The van der Waals surface area contributed by atoms with E-state index in [1.165, 1.54) is 19.2 Å². The van der Waals surface area contributed by atoms with E-state index in [4.69, 9.17) is 10.5 Å². The van der Waals surface area contributed by atoms with Gasteiger partial charge in [-0.1, -0.05) is 0 Å². The lowest BCUT2D eigenvalue weighted by Gasteiger charge is -2.09. The van der Waals surface area contributed by atoms with Gasteiger partial charge in [-0.15, -0.1) is 0 Å². The summed E-state index contributed by atoms with van der Waals surface area (Å²) in [5.41, 5.74) is 6.56. The van der Waals surface area contributed by atoms with Crippen LogP contribution < -0.4 is 15.8 Å². The van der Waals surface area contributed by atoms with Gasteiger partial charge < -0.3 is 15.8 Å². The maximum atomic E-state index is 13.3. The Balaban J connectivity index is 2.32. The first-order valence-corrected chi connectivity index (χ1v) is 5.00. The SMILES string of the molecule is COc1cc(Nc2ccn(C)n2)c(N)cc1F. The number of nitrogens with one attached hydrogen (secondary N) is 1. The average molecular weight is 236 g/mol. The molecule has 1 aromatic heterocycles. The number of hydrogen-bond acceptors (Lipinski definition) is 4. The van der Waals surface area contributed by atoms with Crippen LogP contribution in [-0.2, 0) is 7.05 Å². The van der Waals surface area contributed by atoms with Crippen molar-refractivity contribution in [1.82, 2.24) is 9.78 Å². The Kier molecular flexibility index (Phi) is 2.86. The van der Waals surface area contributed by atoms with Gasteiger partial charge in [0.25, 0.3) is 0 Å². The number of rotatable bonds is 3. The summed E-state index contributed by atoms with van der Waals surface area (Å²) in [6, 6.07) is 4.50. The van der Waals surface area contributed by atoms with Crippen LogP contribution in [0.3, 0.4) is 0 Å². The molecule has 0 bridgehead atoms. The van der Waals surface area contributed by atoms with Crippen LogP contribution in [0.15, 0.2) is 24.4 Å². The van der Waals surface area contributed by atoms with Crippen LogP contribution in [0.25, 0.3) is 0 Å². The second-order valence-corrected chi connectivity index (χ2v) is 3.57. The Bertz CT molecular complexity index is 538. The van der Waals surface area contributed by atoms with E-state index < -0.39 is 5.82 Å². The van der Waals surface area contributed by atoms with E-state index in [1.54, 1.807) is 24.0 Å². The topological polar surface area (TPSA) is 65.1 Å². The number of methoxy groups -OCH3 is 1. The minimum atomic E-state index is -0.489. The summed E-state index contributed by atoms with van der Waals surface area (Å²) >= 11 is 0. The van der Waals surface area contributed by atoms with Gasteiger partial charge in [-0.25, -0.2) is 4.39 Å². The van der Waals surface area contributed by atoms with E-state index in [0.717, 1.165) is 0 Å². The van der Waals surface area contributed by atoms with Crippen LogP contribution in [0, 0.1) is 5.82 Å². The van der Waals surface area contributed by atoms with E-state index in [2.05, 4.69) is 10.4 Å². The Morgan fingerprint density at radius 1 is 1.47 bits per heavy atom. The summed E-state index contributed by atoms with van der Waals surface area (Å²) in [6.45, 7) is 0. The molecule has 0 unspecified atom stereocenters. The highest BCUT2D eigenvalue weighted by atomic mass is 19.1. The van der Waals surface area contributed by atoms with Gasteiger partial charge in [0.2, 0.25) is 0 Å². The molecule has 2 aromatic rings. The van der Waals surface area contributed by atoms with E-state index >= 15 is 0 Å². The summed E-state index contributed by atoms with van der Waals surface area (Å²) in [7, 11) is 3.21. The van der Waals surface area contributed by atoms with Gasteiger partial charge in [-0.05, 0) is 0 Å². The molecule has 1 heterocycles. The predicted octanol–water partition coefficient (Wildman–Crippen LogP) is 1.89. The molecule has 5 nitrogen and oxygen atoms in total. The lowest BCUT2D eigenvalue weighted by atomic mass is 10.2. The molecule has 0 atom stereocenters. The standard InChI is InChI=1S/C11H13FN4O/c1-16-4-3-11(15-16)14-9-6-10(17-2)7(12)5-8(9)13/h3-6H,13H2,1-2H3,(H,14,15). The molecule has 0 aliphatic heterocycles. The van der Waals surface area contributed by atoms with Crippen molar-refractivity contribution in [3.05, 3.63) is 30.2 Å². The summed E-state index contributed by atoms with van der Waals surface area (Å²) in [6.07, 6.45) is 1.79. The zero-order valence-corrected chi connectivity index (χ0v) is 9.57. The van der Waals surface area contributed by atoms with Crippen LogP contribution in [-0.4, -0.2) is 16.9 Å². The molecule has 0 saturated heterocycles. The highest BCUT2D eigenvalue weighted by molar-refractivity contribution is 5.73. The second kappa shape index (κ2) is 4.32. The molecule has 2 rings (SSSR count). The fourth-order valence-electron chi connectivity index (χ4n) is 1.45. The van der Waals surface area contributed by atoms with Crippen molar-refractivity contribution >= 4 is 17.2 Å². The van der Waals surface area contributed by atoms with Crippen molar-refractivity contribution < 1.29 is 9.13 Å². The van der Waals surface area contributed by atoms with Gasteiger partial charge in [-0.3, -0.25) is 4.68 Å². The molecular formula is C11H13FN4O. The molecule has 1 aromatic carbocycles. The lowest BCUT2D eigenvalue weighted by molar-refractivity contribution is 0.387. The van der Waals surface area contributed by atoms with Crippen molar-refractivity contribution in [3.8, 4) is 5.75 Å². The minimum absolute atomic E-state index is 0.137. The number of hydrogen-bond donors (Lipinski definition) is 2. The second-order valence-electron chi connectivity index (χ2n) is 3.57. The van der Waals surface area contributed by atoms with Crippen molar-refractivity contribution in [3.63, 3.8) is 0 Å². The normalized spacial score (nSPS) is 10.3. The molecule has 0 amide bonds. The highest BCUT2D eigenvalue weighted by Gasteiger charge is 2.09. The number of nitrogens with zero attached hydrogens (tertiary/aromatic N) is 2. The fourth-order valence-corrected chi connectivity index (χ4v) is 1.45. The van der Waals surface area contributed by atoms with Crippen LogP contribution in [0.5, 0.6) is 5.75 Å². The molecule has 0 saturated carbocycles. The molecule has 17 heavy (non-hydrogen) atoms. The summed E-state index contributed by atoms with van der Waals surface area (Å²) in [5.74, 6) is 0.280. The van der Waals surface area contributed by atoms with Crippen LogP contribution >= 0.6 is 0 Å². The van der Waals surface area contributed by atoms with Gasteiger partial charge in [0.05, 0.1) is 18.5 Å². The molecular weight excluding hydrogens is 223 g/mol. The number of nitrogens with two attached hydrogens (primary N) is 1. The van der Waals surface area contributed by atoms with Gasteiger partial charge >= 0.3 is 0 Å². The number of anilines is 3. The lowest BCUT2D eigenvalue weighted by Crippen LogP contribution is -2.00. The Labute approximate surface area is 98.0 Å². The highest BCUT2D eigenvalue weighted by Crippen LogP contribution is 2.29. The molecule has 0 aliphatic rings. The predicted molar refractivity (Wildman–Crippen MR) is 63.9 cm³/mol. The maximum absolute atomic E-state index is 13.3. The van der Waals surface area contributed by atoms with E-state index in [9.17, 15) is 4.39 Å². The largest absolute Gasteiger partial charge is 0.494 e. The Hall–Kier alpha value is -2.24. The van der Waals surface area contributed by atoms with Crippen molar-refractivity contribution in [2.24, 2.45) is 7.05 Å². The quantitative estimate of drug-likeness (QED) is 0.799. The first-order chi connectivity index (χ1) is 8.10. The smallest absolute Gasteiger partial charge is 0.167 e. The number of ether oxygens (including phenoxy) is 1. The number of benzene rings is 1. The van der Waals surface area contributed by atoms with Crippen LogP contribution in [0.1, 0.15) is 0 Å². The molecule has 0 fully saturated rings. The van der Waals surface area contributed by atoms with Crippen molar-refractivity contribution in [1.29, 1.82) is 0 Å².